The molecule has 0 aliphatic heterocycles. The number of aromatic nitrogens is 1. The highest BCUT2D eigenvalue weighted by atomic mass is 35.5. The Morgan fingerprint density at radius 3 is 2.55 bits per heavy atom. The number of benzene rings is 2. The van der Waals surface area contributed by atoms with Gasteiger partial charge in [-0.2, -0.15) is 0 Å². The van der Waals surface area contributed by atoms with Gasteiger partial charge in [-0.05, 0) is 79.0 Å². The van der Waals surface area contributed by atoms with E-state index in [0.29, 0.717) is 10.9 Å². The molecular formula is C25H27ClN2O. The van der Waals surface area contributed by atoms with Crippen molar-refractivity contribution in [3.63, 3.8) is 0 Å². The topological polar surface area (TPSA) is 42.0 Å². The van der Waals surface area contributed by atoms with Crippen molar-refractivity contribution in [3.05, 3.63) is 71.4 Å². The monoisotopic (exact) mass is 406 g/mol. The van der Waals surface area contributed by atoms with E-state index in [9.17, 15) is 4.79 Å². The number of fused-ring (bicyclic) bond motifs is 1. The van der Waals surface area contributed by atoms with Gasteiger partial charge in [-0.25, -0.2) is 0 Å². The van der Waals surface area contributed by atoms with Gasteiger partial charge in [0.1, 0.15) is 0 Å². The molecule has 0 spiro atoms. The number of halogens is 1. The smallest absolute Gasteiger partial charge is 0.227 e. The molecule has 0 radical (unpaired) electrons. The zero-order valence-electron chi connectivity index (χ0n) is 17.0. The van der Waals surface area contributed by atoms with Gasteiger partial charge >= 0.3 is 0 Å². The molecule has 0 saturated heterocycles. The minimum absolute atomic E-state index is 0.0112. The molecule has 2 aromatic carbocycles. The fourth-order valence-electron chi connectivity index (χ4n) is 4.46. The van der Waals surface area contributed by atoms with Crippen molar-refractivity contribution < 1.29 is 4.79 Å². The van der Waals surface area contributed by atoms with Crippen molar-refractivity contribution >= 4 is 34.1 Å². The molecule has 1 aliphatic rings. The summed E-state index contributed by atoms with van der Waals surface area (Å²) in [6.07, 6.45) is 6.30. The average Bonchev–Trinajstić information content (AvgIpc) is 2.75. The molecule has 0 bridgehead atoms. The van der Waals surface area contributed by atoms with E-state index in [4.69, 9.17) is 11.6 Å². The number of rotatable bonds is 4. The number of hydrogen-bond donors (Lipinski definition) is 1. The summed E-state index contributed by atoms with van der Waals surface area (Å²) in [6, 6.07) is 17.8. The zero-order chi connectivity index (χ0) is 20.4. The molecule has 3 aromatic rings. The summed E-state index contributed by atoms with van der Waals surface area (Å²) < 4.78 is 0. The first kappa shape index (κ1) is 19.9. The Morgan fingerprint density at radius 2 is 1.83 bits per heavy atom. The van der Waals surface area contributed by atoms with Gasteiger partial charge in [0.15, 0.2) is 0 Å². The van der Waals surface area contributed by atoms with Gasteiger partial charge in [0.05, 0.1) is 5.52 Å². The molecular weight excluding hydrogens is 380 g/mol. The van der Waals surface area contributed by atoms with Crippen molar-refractivity contribution in [1.29, 1.82) is 0 Å². The largest absolute Gasteiger partial charge is 0.326 e. The van der Waals surface area contributed by atoms with Crippen LogP contribution in [0.3, 0.4) is 0 Å². The molecule has 0 unspecified atom stereocenters. The standard InChI is InChI=1S/C25H27ClN2O/c1-17(24(29)28-22-9-7-21(26)8-10-22)25(2)13-11-18(12-14-25)20-15-19-5-3-4-6-23(19)27-16-20/h3-10,15-18H,11-14H2,1-2H3,(H,28,29)/t17-,18?,25?/m0/s1. The van der Waals surface area contributed by atoms with E-state index in [2.05, 4.69) is 48.4 Å². The van der Waals surface area contributed by atoms with Crippen LogP contribution in [0.2, 0.25) is 5.02 Å². The van der Waals surface area contributed by atoms with Crippen LogP contribution in [0.5, 0.6) is 0 Å². The van der Waals surface area contributed by atoms with E-state index in [0.717, 1.165) is 36.9 Å². The highest BCUT2D eigenvalue weighted by Crippen LogP contribution is 2.47. The highest BCUT2D eigenvalue weighted by Gasteiger charge is 2.39. The number of anilines is 1. The number of nitrogens with zero attached hydrogens (tertiary/aromatic N) is 1. The van der Waals surface area contributed by atoms with Gasteiger partial charge < -0.3 is 5.32 Å². The van der Waals surface area contributed by atoms with E-state index in [1.165, 1.54) is 10.9 Å². The first-order chi connectivity index (χ1) is 13.9. The highest BCUT2D eigenvalue weighted by molar-refractivity contribution is 6.30. The molecule has 1 amide bonds. The average molecular weight is 407 g/mol. The molecule has 4 rings (SSSR count). The van der Waals surface area contributed by atoms with Gasteiger partial charge in [-0.3, -0.25) is 9.78 Å². The molecule has 1 saturated carbocycles. The van der Waals surface area contributed by atoms with Gasteiger partial charge in [-0.1, -0.05) is 43.6 Å². The van der Waals surface area contributed by atoms with Crippen LogP contribution in [0, 0.1) is 11.3 Å². The summed E-state index contributed by atoms with van der Waals surface area (Å²) in [5.74, 6) is 0.557. The number of pyridine rings is 1. The van der Waals surface area contributed by atoms with Crippen LogP contribution in [-0.2, 0) is 4.79 Å². The number of amides is 1. The molecule has 1 atom stereocenters. The first-order valence-corrected chi connectivity index (χ1v) is 10.7. The predicted molar refractivity (Wildman–Crippen MR) is 120 cm³/mol. The van der Waals surface area contributed by atoms with Crippen LogP contribution in [-0.4, -0.2) is 10.9 Å². The fourth-order valence-corrected chi connectivity index (χ4v) is 4.58. The summed E-state index contributed by atoms with van der Waals surface area (Å²) in [4.78, 5) is 17.5. The van der Waals surface area contributed by atoms with Crippen molar-refractivity contribution in [2.45, 2.75) is 45.4 Å². The van der Waals surface area contributed by atoms with Crippen molar-refractivity contribution in [1.82, 2.24) is 4.98 Å². The minimum atomic E-state index is -0.0474. The Morgan fingerprint density at radius 1 is 1.14 bits per heavy atom. The number of nitrogens with one attached hydrogen (secondary N) is 1. The third-order valence-electron chi connectivity index (χ3n) is 6.76. The normalized spacial score (nSPS) is 22.9. The fraction of sp³-hybridized carbons (Fsp3) is 0.360. The first-order valence-electron chi connectivity index (χ1n) is 10.4. The van der Waals surface area contributed by atoms with Crippen LogP contribution >= 0.6 is 11.6 Å². The lowest BCUT2D eigenvalue weighted by Crippen LogP contribution is -2.37. The lowest BCUT2D eigenvalue weighted by Gasteiger charge is -2.41. The molecule has 1 aliphatic carbocycles. The SMILES string of the molecule is C[C@@H](C(=O)Nc1ccc(Cl)cc1)C1(C)CCC(c2cnc3ccccc3c2)CC1. The number of hydrogen-bond acceptors (Lipinski definition) is 2. The van der Waals surface area contributed by atoms with E-state index >= 15 is 0 Å². The maximum Gasteiger partial charge on any atom is 0.227 e. The maximum absolute atomic E-state index is 12.8. The molecule has 1 fully saturated rings. The maximum atomic E-state index is 12.8. The van der Waals surface area contributed by atoms with Crippen LogP contribution in [0.1, 0.15) is 51.0 Å². The van der Waals surface area contributed by atoms with Crippen LogP contribution < -0.4 is 5.32 Å². The molecule has 3 nitrogen and oxygen atoms in total. The molecule has 1 aromatic heterocycles. The second kappa shape index (κ2) is 8.16. The lowest BCUT2D eigenvalue weighted by atomic mass is 9.64. The van der Waals surface area contributed by atoms with E-state index in [1.54, 1.807) is 12.1 Å². The van der Waals surface area contributed by atoms with Crippen molar-refractivity contribution in [2.75, 3.05) is 5.32 Å². The Labute approximate surface area is 177 Å². The van der Waals surface area contributed by atoms with Gasteiger partial charge in [0.2, 0.25) is 5.91 Å². The summed E-state index contributed by atoms with van der Waals surface area (Å²) >= 11 is 5.93. The molecule has 150 valence electrons. The quantitative estimate of drug-likeness (QED) is 0.516. The zero-order valence-corrected chi connectivity index (χ0v) is 17.7. The van der Waals surface area contributed by atoms with Gasteiger partial charge in [-0.15, -0.1) is 0 Å². The second-order valence-corrected chi connectivity index (χ2v) is 9.04. The van der Waals surface area contributed by atoms with E-state index in [1.807, 2.05) is 24.4 Å². The molecule has 4 heteroatoms. The van der Waals surface area contributed by atoms with Crippen LogP contribution in [0.15, 0.2) is 60.8 Å². The van der Waals surface area contributed by atoms with Gasteiger partial charge in [0.25, 0.3) is 0 Å². The third kappa shape index (κ3) is 4.30. The third-order valence-corrected chi connectivity index (χ3v) is 7.01. The van der Waals surface area contributed by atoms with Gasteiger partial charge in [0, 0.05) is 28.2 Å². The summed E-state index contributed by atoms with van der Waals surface area (Å²) in [5.41, 5.74) is 3.18. The van der Waals surface area contributed by atoms with E-state index in [-0.39, 0.29) is 17.2 Å². The molecule has 1 N–H and O–H groups in total. The Hall–Kier alpha value is -2.39. The Balaban J connectivity index is 1.41. The van der Waals surface area contributed by atoms with Crippen molar-refractivity contribution in [2.24, 2.45) is 11.3 Å². The number of carbonyl (C=O) groups excluding carboxylic acids is 1. The van der Waals surface area contributed by atoms with Crippen molar-refractivity contribution in [3.8, 4) is 0 Å². The minimum Gasteiger partial charge on any atom is -0.326 e. The van der Waals surface area contributed by atoms with Crippen LogP contribution in [0.4, 0.5) is 5.69 Å². The summed E-state index contributed by atoms with van der Waals surface area (Å²) in [5, 5.41) is 4.92. The Kier molecular flexibility index (Phi) is 5.60. The lowest BCUT2D eigenvalue weighted by molar-refractivity contribution is -0.123. The van der Waals surface area contributed by atoms with E-state index < -0.39 is 0 Å². The molecule has 29 heavy (non-hydrogen) atoms. The summed E-state index contributed by atoms with van der Waals surface area (Å²) in [6.45, 7) is 4.32. The Bertz CT molecular complexity index is 1010. The predicted octanol–water partition coefficient (Wildman–Crippen LogP) is 6.83. The van der Waals surface area contributed by atoms with Crippen LogP contribution in [0.25, 0.3) is 10.9 Å². The molecule has 1 heterocycles. The second-order valence-electron chi connectivity index (χ2n) is 8.61. The number of para-hydroxylation sites is 1. The number of carbonyl (C=O) groups is 1. The summed E-state index contributed by atoms with van der Waals surface area (Å²) in [7, 11) is 0.